The van der Waals surface area contributed by atoms with Crippen LogP contribution in [0.4, 0.5) is 11.6 Å². The normalized spacial score (nSPS) is 14.5. The average Bonchev–Trinajstić information content (AvgIpc) is 3.50. The second-order valence-electron chi connectivity index (χ2n) is 8.61. The Bertz CT molecular complexity index is 1550. The molecule has 0 aliphatic heterocycles. The molecule has 0 bridgehead atoms. The SMILES string of the molecule is O=C1CCC(Nc2ncc3c(-c4ccn5ncc(C(=O)Nc6cccnc6)c5c4)c[nH]c3n2)CC1. The highest BCUT2D eigenvalue weighted by Crippen LogP contribution is 2.30. The number of rotatable bonds is 5. The Hall–Kier alpha value is -4.60. The molecule has 1 aliphatic carbocycles. The van der Waals surface area contributed by atoms with Crippen molar-refractivity contribution in [3.05, 3.63) is 67.0 Å². The second-order valence-corrected chi connectivity index (χ2v) is 8.61. The third-order valence-corrected chi connectivity index (χ3v) is 6.31. The Morgan fingerprint density at radius 3 is 2.86 bits per heavy atom. The number of hydrogen-bond acceptors (Lipinski definition) is 7. The van der Waals surface area contributed by atoms with Crippen molar-refractivity contribution in [2.75, 3.05) is 10.6 Å². The number of anilines is 2. The van der Waals surface area contributed by atoms with Crippen molar-refractivity contribution in [2.24, 2.45) is 0 Å². The number of H-pyrrole nitrogens is 1. The lowest BCUT2D eigenvalue weighted by atomic mass is 9.94. The molecule has 0 aromatic carbocycles. The van der Waals surface area contributed by atoms with E-state index in [0.717, 1.165) is 29.4 Å². The van der Waals surface area contributed by atoms with Gasteiger partial charge in [0.1, 0.15) is 11.4 Å². The maximum absolute atomic E-state index is 12.9. The van der Waals surface area contributed by atoms with Crippen LogP contribution in [-0.4, -0.2) is 47.3 Å². The van der Waals surface area contributed by atoms with Crippen LogP contribution in [-0.2, 0) is 4.79 Å². The van der Waals surface area contributed by atoms with Crippen LogP contribution >= 0.6 is 0 Å². The highest BCUT2D eigenvalue weighted by molar-refractivity contribution is 6.09. The van der Waals surface area contributed by atoms with Gasteiger partial charge in [0.2, 0.25) is 5.95 Å². The summed E-state index contributed by atoms with van der Waals surface area (Å²) in [7, 11) is 0. The number of ketones is 1. The molecule has 1 fully saturated rings. The Kier molecular flexibility index (Phi) is 5.17. The van der Waals surface area contributed by atoms with Gasteiger partial charge in [-0.1, -0.05) is 0 Å². The van der Waals surface area contributed by atoms with E-state index in [4.69, 9.17) is 0 Å². The fraction of sp³-hybridized carbons (Fsp3) is 0.200. The van der Waals surface area contributed by atoms with E-state index in [1.165, 1.54) is 0 Å². The third-order valence-electron chi connectivity index (χ3n) is 6.31. The van der Waals surface area contributed by atoms with Gasteiger partial charge in [-0.3, -0.25) is 14.6 Å². The molecule has 3 N–H and O–H groups in total. The number of hydrogen-bond donors (Lipinski definition) is 3. The number of fused-ring (bicyclic) bond motifs is 2. The fourth-order valence-corrected chi connectivity index (χ4v) is 4.44. The van der Waals surface area contributed by atoms with Crippen LogP contribution in [0.15, 0.2) is 61.4 Å². The molecule has 5 aromatic heterocycles. The largest absolute Gasteiger partial charge is 0.351 e. The molecule has 0 spiro atoms. The Labute approximate surface area is 199 Å². The molecule has 10 nitrogen and oxygen atoms in total. The molecule has 0 radical (unpaired) electrons. The van der Waals surface area contributed by atoms with Crippen molar-refractivity contribution in [2.45, 2.75) is 31.7 Å². The number of nitrogens with zero attached hydrogens (tertiary/aromatic N) is 5. The van der Waals surface area contributed by atoms with Gasteiger partial charge in [0.25, 0.3) is 5.91 Å². The van der Waals surface area contributed by atoms with Gasteiger partial charge in [-0.15, -0.1) is 0 Å². The van der Waals surface area contributed by atoms with Crippen molar-refractivity contribution in [1.29, 1.82) is 0 Å². The predicted molar refractivity (Wildman–Crippen MR) is 131 cm³/mol. The van der Waals surface area contributed by atoms with Crippen molar-refractivity contribution in [3.63, 3.8) is 0 Å². The summed E-state index contributed by atoms with van der Waals surface area (Å²) in [5, 5.41) is 11.4. The maximum Gasteiger partial charge on any atom is 0.259 e. The minimum absolute atomic E-state index is 0.208. The van der Waals surface area contributed by atoms with Gasteiger partial charge in [0, 0.05) is 54.6 Å². The van der Waals surface area contributed by atoms with Gasteiger partial charge in [-0.2, -0.15) is 10.1 Å². The minimum Gasteiger partial charge on any atom is -0.351 e. The second kappa shape index (κ2) is 8.64. The van der Waals surface area contributed by atoms with Gasteiger partial charge >= 0.3 is 0 Å². The van der Waals surface area contributed by atoms with Gasteiger partial charge in [0.15, 0.2) is 0 Å². The predicted octanol–water partition coefficient (Wildman–Crippen LogP) is 3.84. The fourth-order valence-electron chi connectivity index (χ4n) is 4.44. The molecule has 174 valence electrons. The first-order valence-electron chi connectivity index (χ1n) is 11.5. The van der Waals surface area contributed by atoms with Gasteiger partial charge in [-0.05, 0) is 42.7 Å². The van der Waals surface area contributed by atoms with Crippen LogP contribution in [0, 0.1) is 0 Å². The van der Waals surface area contributed by atoms with Crippen LogP contribution in [0.1, 0.15) is 36.0 Å². The molecule has 0 saturated heterocycles. The van der Waals surface area contributed by atoms with E-state index >= 15 is 0 Å². The number of carbonyl (C=O) groups is 2. The first-order valence-corrected chi connectivity index (χ1v) is 11.5. The standard InChI is InChI=1S/C25H22N8O2/c34-18-5-3-16(4-6-18)31-25-28-13-20-19(12-27-23(20)32-25)15-7-9-33-22(10-15)21(14-29-33)24(35)30-17-2-1-8-26-11-17/h1-2,7-14,16H,3-6H2,(H,30,35)(H2,27,28,31,32). The zero-order valence-electron chi connectivity index (χ0n) is 18.7. The van der Waals surface area contributed by atoms with Gasteiger partial charge in [0.05, 0.1) is 29.2 Å². The van der Waals surface area contributed by atoms with E-state index in [0.29, 0.717) is 47.0 Å². The Morgan fingerprint density at radius 2 is 2.03 bits per heavy atom. The first-order chi connectivity index (χ1) is 17.1. The molecule has 5 aromatic rings. The van der Waals surface area contributed by atoms with Crippen LogP contribution in [0.25, 0.3) is 27.7 Å². The third kappa shape index (κ3) is 4.10. The van der Waals surface area contributed by atoms with Crippen molar-refractivity contribution < 1.29 is 9.59 Å². The van der Waals surface area contributed by atoms with E-state index in [1.807, 2.05) is 24.5 Å². The van der Waals surface area contributed by atoms with Crippen LogP contribution in [0.2, 0.25) is 0 Å². The van der Waals surface area contributed by atoms with Gasteiger partial charge < -0.3 is 15.6 Å². The lowest BCUT2D eigenvalue weighted by Crippen LogP contribution is -2.26. The van der Waals surface area contributed by atoms with Crippen LogP contribution in [0.3, 0.4) is 0 Å². The number of amides is 1. The Balaban J connectivity index is 1.28. The van der Waals surface area contributed by atoms with Crippen molar-refractivity contribution in [3.8, 4) is 11.1 Å². The van der Waals surface area contributed by atoms with E-state index in [2.05, 4.69) is 35.7 Å². The molecule has 5 heterocycles. The molecule has 0 atom stereocenters. The van der Waals surface area contributed by atoms with Gasteiger partial charge in [-0.25, -0.2) is 9.50 Å². The highest BCUT2D eigenvalue weighted by atomic mass is 16.1. The van der Waals surface area contributed by atoms with Crippen molar-refractivity contribution >= 4 is 39.9 Å². The van der Waals surface area contributed by atoms with Crippen LogP contribution in [0.5, 0.6) is 0 Å². The first kappa shape index (κ1) is 21.0. The smallest absolute Gasteiger partial charge is 0.259 e. The van der Waals surface area contributed by atoms with E-state index in [1.54, 1.807) is 41.4 Å². The molecular formula is C25H22N8O2. The van der Waals surface area contributed by atoms with Crippen molar-refractivity contribution in [1.82, 2.24) is 29.5 Å². The molecule has 6 rings (SSSR count). The topological polar surface area (TPSA) is 130 Å². The van der Waals surface area contributed by atoms with E-state index < -0.39 is 0 Å². The summed E-state index contributed by atoms with van der Waals surface area (Å²) < 4.78 is 1.67. The monoisotopic (exact) mass is 466 g/mol. The number of carbonyl (C=O) groups excluding carboxylic acids is 2. The number of Topliss-reactive ketones (excluding diaryl/α,β-unsaturated/α-hetero) is 1. The summed E-state index contributed by atoms with van der Waals surface area (Å²) >= 11 is 0. The summed E-state index contributed by atoms with van der Waals surface area (Å²) in [6.07, 6.45) is 13.1. The van der Waals surface area contributed by atoms with E-state index in [-0.39, 0.29) is 11.9 Å². The minimum atomic E-state index is -0.257. The summed E-state index contributed by atoms with van der Waals surface area (Å²) in [6, 6.07) is 7.63. The maximum atomic E-state index is 12.9. The van der Waals surface area contributed by atoms with Crippen LogP contribution < -0.4 is 10.6 Å². The quantitative estimate of drug-likeness (QED) is 0.359. The molecule has 0 unspecified atom stereocenters. The Morgan fingerprint density at radius 1 is 1.14 bits per heavy atom. The number of nitrogens with one attached hydrogen (secondary N) is 3. The summed E-state index contributed by atoms with van der Waals surface area (Å²) in [5.41, 5.74) is 4.32. The number of aromatic nitrogens is 6. The zero-order chi connectivity index (χ0) is 23.8. The summed E-state index contributed by atoms with van der Waals surface area (Å²) in [6.45, 7) is 0. The number of aromatic amines is 1. The molecule has 10 heteroatoms. The average molecular weight is 467 g/mol. The molecular weight excluding hydrogens is 444 g/mol. The summed E-state index contributed by atoms with van der Waals surface area (Å²) in [5.74, 6) is 0.611. The van der Waals surface area contributed by atoms with E-state index in [9.17, 15) is 9.59 Å². The molecule has 1 amide bonds. The highest BCUT2D eigenvalue weighted by Gasteiger charge is 2.20. The molecule has 1 saturated carbocycles. The zero-order valence-corrected chi connectivity index (χ0v) is 18.7. The number of pyridine rings is 2. The lowest BCUT2D eigenvalue weighted by Gasteiger charge is -2.21. The summed E-state index contributed by atoms with van der Waals surface area (Å²) in [4.78, 5) is 40.8. The molecule has 35 heavy (non-hydrogen) atoms. The lowest BCUT2D eigenvalue weighted by molar-refractivity contribution is -0.120. The molecule has 1 aliphatic rings.